The summed E-state index contributed by atoms with van der Waals surface area (Å²) in [5.41, 5.74) is 0.406. The largest absolute Gasteiger partial charge is 0.507 e. The zero-order valence-electron chi connectivity index (χ0n) is 18.1. The van der Waals surface area contributed by atoms with Gasteiger partial charge >= 0.3 is 0 Å². The van der Waals surface area contributed by atoms with Crippen molar-refractivity contribution in [1.29, 1.82) is 0 Å². The van der Waals surface area contributed by atoms with Gasteiger partial charge in [-0.1, -0.05) is 6.07 Å². The van der Waals surface area contributed by atoms with Crippen LogP contribution in [0.25, 0.3) is 5.76 Å². The topological polar surface area (TPSA) is 88.5 Å². The standard InChI is InChI=1S/C23H26N2O6S/c1-29-15-5-6-16(17(14-15)30-2)21(26)19-20(18-4-3-13-32-18)25(23(28)22(19)27)8-7-24-9-11-31-12-10-24/h3-6,13-14,20,26H,7-12H2,1-2H3/b21-19+/t20-/m0/s1. The van der Waals surface area contributed by atoms with E-state index in [0.717, 1.165) is 18.0 Å². The van der Waals surface area contributed by atoms with E-state index in [2.05, 4.69) is 4.90 Å². The first-order valence-corrected chi connectivity index (χ1v) is 11.3. The van der Waals surface area contributed by atoms with Gasteiger partial charge in [-0.25, -0.2) is 0 Å². The van der Waals surface area contributed by atoms with E-state index in [1.807, 2.05) is 17.5 Å². The maximum atomic E-state index is 13.1. The van der Waals surface area contributed by atoms with Gasteiger partial charge < -0.3 is 24.2 Å². The third-order valence-corrected chi connectivity index (χ3v) is 6.70. The number of carbonyl (C=O) groups excluding carboxylic acids is 2. The molecule has 0 aliphatic carbocycles. The van der Waals surface area contributed by atoms with Crippen LogP contribution in [0.5, 0.6) is 11.5 Å². The molecule has 2 aliphatic rings. The lowest BCUT2D eigenvalue weighted by Crippen LogP contribution is -2.42. The van der Waals surface area contributed by atoms with E-state index >= 15 is 0 Å². The number of benzene rings is 1. The molecule has 2 fully saturated rings. The van der Waals surface area contributed by atoms with Gasteiger partial charge in [0.2, 0.25) is 0 Å². The van der Waals surface area contributed by atoms with E-state index in [4.69, 9.17) is 14.2 Å². The van der Waals surface area contributed by atoms with E-state index in [9.17, 15) is 14.7 Å². The number of likely N-dealkylation sites (tertiary alicyclic amines) is 1. The molecular formula is C23H26N2O6S. The van der Waals surface area contributed by atoms with Gasteiger partial charge in [0.25, 0.3) is 11.7 Å². The van der Waals surface area contributed by atoms with Crippen molar-refractivity contribution < 1.29 is 28.9 Å². The molecule has 0 radical (unpaired) electrons. The number of aliphatic hydroxyl groups excluding tert-OH is 1. The second kappa shape index (κ2) is 9.72. The first-order chi connectivity index (χ1) is 15.5. The van der Waals surface area contributed by atoms with Crippen molar-refractivity contribution in [2.24, 2.45) is 0 Å². The molecule has 1 amide bonds. The lowest BCUT2D eigenvalue weighted by molar-refractivity contribution is -0.140. The summed E-state index contributed by atoms with van der Waals surface area (Å²) in [6, 6.07) is 8.02. The van der Waals surface area contributed by atoms with E-state index in [1.165, 1.54) is 25.6 Å². The Morgan fingerprint density at radius 2 is 1.94 bits per heavy atom. The monoisotopic (exact) mass is 458 g/mol. The molecule has 3 heterocycles. The van der Waals surface area contributed by atoms with Crippen molar-refractivity contribution in [1.82, 2.24) is 9.80 Å². The predicted octanol–water partition coefficient (Wildman–Crippen LogP) is 2.52. The molecule has 4 rings (SSSR count). The molecule has 170 valence electrons. The number of ether oxygens (including phenoxy) is 3. The Kier molecular flexibility index (Phi) is 6.78. The molecule has 8 nitrogen and oxygen atoms in total. The highest BCUT2D eigenvalue weighted by Crippen LogP contribution is 2.42. The quantitative estimate of drug-likeness (QED) is 0.387. The number of ketones is 1. The number of carbonyl (C=O) groups is 2. The SMILES string of the molecule is COc1ccc(/C(O)=C2\C(=O)C(=O)N(CCN3CCOCC3)[C@H]2c2cccs2)c(OC)c1. The number of hydrogen-bond donors (Lipinski definition) is 1. The molecule has 1 aromatic heterocycles. The fourth-order valence-electron chi connectivity index (χ4n) is 4.07. The highest BCUT2D eigenvalue weighted by Gasteiger charge is 2.46. The Labute approximate surface area is 190 Å². The molecule has 32 heavy (non-hydrogen) atoms. The van der Waals surface area contributed by atoms with Crippen molar-refractivity contribution in [3.05, 3.63) is 51.7 Å². The van der Waals surface area contributed by atoms with Crippen molar-refractivity contribution in [3.8, 4) is 11.5 Å². The molecule has 0 spiro atoms. The highest BCUT2D eigenvalue weighted by molar-refractivity contribution is 7.10. The van der Waals surface area contributed by atoms with Gasteiger partial charge in [0.15, 0.2) is 0 Å². The second-order valence-corrected chi connectivity index (χ2v) is 8.51. The molecule has 1 atom stereocenters. The van der Waals surface area contributed by atoms with Crippen molar-refractivity contribution >= 4 is 28.8 Å². The number of amides is 1. The minimum atomic E-state index is -0.694. The molecule has 2 aromatic rings. The molecule has 1 aromatic carbocycles. The zero-order valence-corrected chi connectivity index (χ0v) is 18.9. The molecule has 0 bridgehead atoms. The second-order valence-electron chi connectivity index (χ2n) is 7.53. The fraction of sp³-hybridized carbons (Fsp3) is 0.391. The molecule has 1 N–H and O–H groups in total. The molecule has 0 saturated carbocycles. The maximum absolute atomic E-state index is 13.1. The van der Waals surface area contributed by atoms with E-state index in [1.54, 1.807) is 23.1 Å². The lowest BCUT2D eigenvalue weighted by atomic mass is 9.99. The number of nitrogens with zero attached hydrogens (tertiary/aromatic N) is 2. The summed E-state index contributed by atoms with van der Waals surface area (Å²) >= 11 is 1.45. The normalized spacial score (nSPS) is 21.2. The summed E-state index contributed by atoms with van der Waals surface area (Å²) in [7, 11) is 3.01. The Morgan fingerprint density at radius 3 is 2.59 bits per heavy atom. The number of hydrogen-bond acceptors (Lipinski definition) is 8. The van der Waals surface area contributed by atoms with Crippen molar-refractivity contribution in [3.63, 3.8) is 0 Å². The third kappa shape index (κ3) is 4.23. The number of aliphatic hydroxyl groups is 1. The molecule has 2 saturated heterocycles. The Hall–Kier alpha value is -2.88. The van der Waals surface area contributed by atoms with Gasteiger partial charge in [0.1, 0.15) is 17.3 Å². The van der Waals surface area contributed by atoms with Gasteiger partial charge in [0, 0.05) is 37.1 Å². The summed E-state index contributed by atoms with van der Waals surface area (Å²) in [6.45, 7) is 3.90. The van der Waals surface area contributed by atoms with Crippen LogP contribution in [-0.2, 0) is 14.3 Å². The van der Waals surface area contributed by atoms with Gasteiger partial charge in [-0.05, 0) is 23.6 Å². The number of Topliss-reactive ketones (excluding diaryl/α,β-unsaturated/α-hetero) is 1. The first kappa shape index (κ1) is 22.3. The Balaban J connectivity index is 1.73. The Bertz CT molecular complexity index is 1010. The number of rotatable bonds is 7. The predicted molar refractivity (Wildman–Crippen MR) is 120 cm³/mol. The third-order valence-electron chi connectivity index (χ3n) is 5.78. The summed E-state index contributed by atoms with van der Waals surface area (Å²) < 4.78 is 16.0. The smallest absolute Gasteiger partial charge is 0.295 e. The minimum Gasteiger partial charge on any atom is -0.507 e. The van der Waals surface area contributed by atoms with E-state index in [-0.39, 0.29) is 11.3 Å². The molecule has 2 aliphatic heterocycles. The summed E-state index contributed by atoms with van der Waals surface area (Å²) in [5, 5.41) is 13.1. The van der Waals surface area contributed by atoms with Crippen molar-refractivity contribution in [2.45, 2.75) is 6.04 Å². The maximum Gasteiger partial charge on any atom is 0.295 e. The zero-order chi connectivity index (χ0) is 22.7. The summed E-state index contributed by atoms with van der Waals surface area (Å²) in [5.74, 6) is -0.646. The van der Waals surface area contributed by atoms with Crippen LogP contribution in [0.4, 0.5) is 0 Å². The number of morpholine rings is 1. The van der Waals surface area contributed by atoms with Crippen LogP contribution < -0.4 is 9.47 Å². The molecular weight excluding hydrogens is 432 g/mol. The summed E-state index contributed by atoms with van der Waals surface area (Å²) in [6.07, 6.45) is 0. The van der Waals surface area contributed by atoms with Gasteiger partial charge in [0.05, 0.1) is 44.6 Å². The van der Waals surface area contributed by atoms with Crippen LogP contribution in [0.1, 0.15) is 16.5 Å². The van der Waals surface area contributed by atoms with E-state index < -0.39 is 17.7 Å². The summed E-state index contributed by atoms with van der Waals surface area (Å²) in [4.78, 5) is 30.7. The average Bonchev–Trinajstić information content (AvgIpc) is 3.44. The van der Waals surface area contributed by atoms with Gasteiger partial charge in [-0.2, -0.15) is 0 Å². The first-order valence-electron chi connectivity index (χ1n) is 10.4. The minimum absolute atomic E-state index is 0.0721. The molecule has 9 heteroatoms. The van der Waals surface area contributed by atoms with Crippen LogP contribution >= 0.6 is 11.3 Å². The van der Waals surface area contributed by atoms with Crippen LogP contribution in [0.15, 0.2) is 41.3 Å². The Morgan fingerprint density at radius 1 is 1.16 bits per heavy atom. The average molecular weight is 459 g/mol. The van der Waals surface area contributed by atoms with Gasteiger partial charge in [-0.15, -0.1) is 11.3 Å². The number of thiophene rings is 1. The highest BCUT2D eigenvalue weighted by atomic mass is 32.1. The van der Waals surface area contributed by atoms with Crippen LogP contribution in [0.2, 0.25) is 0 Å². The van der Waals surface area contributed by atoms with Crippen molar-refractivity contribution in [2.75, 3.05) is 53.6 Å². The van der Waals surface area contributed by atoms with E-state index in [0.29, 0.717) is 43.4 Å². The van der Waals surface area contributed by atoms with Gasteiger partial charge in [-0.3, -0.25) is 14.5 Å². The fourth-order valence-corrected chi connectivity index (χ4v) is 4.91. The lowest BCUT2D eigenvalue weighted by Gasteiger charge is -2.30. The molecule has 0 unspecified atom stereocenters. The van der Waals surface area contributed by atoms with Crippen LogP contribution in [0.3, 0.4) is 0 Å². The van der Waals surface area contributed by atoms with Crippen LogP contribution in [-0.4, -0.2) is 80.2 Å². The number of methoxy groups -OCH3 is 2. The van der Waals surface area contributed by atoms with Crippen LogP contribution in [0, 0.1) is 0 Å².